The topological polar surface area (TPSA) is 64.4 Å². The Hall–Kier alpha value is -2.21. The van der Waals surface area contributed by atoms with E-state index in [0.29, 0.717) is 44.0 Å². The highest BCUT2D eigenvalue weighted by Gasteiger charge is 2.15. The molecule has 2 rings (SSSR count). The van der Waals surface area contributed by atoms with E-state index in [2.05, 4.69) is 18.9 Å². The Morgan fingerprint density at radius 1 is 1.33 bits per heavy atom. The summed E-state index contributed by atoms with van der Waals surface area (Å²) in [6.45, 7) is 6.44. The van der Waals surface area contributed by atoms with Crippen molar-refractivity contribution in [3.05, 3.63) is 40.7 Å². The number of rotatable bonds is 8. The van der Waals surface area contributed by atoms with Gasteiger partial charge < -0.3 is 9.64 Å². The monoisotopic (exact) mass is 331 g/mol. The molecule has 1 amide bonds. The Balaban J connectivity index is 2.10. The first kappa shape index (κ1) is 18.1. The Kier molecular flexibility index (Phi) is 6.49. The molecule has 0 saturated heterocycles. The summed E-state index contributed by atoms with van der Waals surface area (Å²) in [5.41, 5.74) is 0.653. The molecule has 0 bridgehead atoms. The third-order valence-electron chi connectivity index (χ3n) is 3.80. The van der Waals surface area contributed by atoms with E-state index in [1.165, 1.54) is 6.20 Å². The van der Waals surface area contributed by atoms with Gasteiger partial charge in [-0.25, -0.2) is 0 Å². The summed E-state index contributed by atoms with van der Waals surface area (Å²) in [5.74, 6) is 0.475. The number of carbonyl (C=O) groups is 1. The summed E-state index contributed by atoms with van der Waals surface area (Å²) in [5, 5.41) is 4.79. The maximum absolute atomic E-state index is 12.5. The molecule has 1 aromatic heterocycles. The summed E-state index contributed by atoms with van der Waals surface area (Å²) < 4.78 is 6.81. The fourth-order valence-electron chi connectivity index (χ4n) is 2.66. The number of hydrogen-bond acceptors (Lipinski definition) is 4. The maximum atomic E-state index is 12.5. The van der Waals surface area contributed by atoms with Crippen molar-refractivity contribution >= 4 is 16.8 Å². The van der Waals surface area contributed by atoms with Gasteiger partial charge in [-0.3, -0.25) is 14.3 Å². The van der Waals surface area contributed by atoms with Gasteiger partial charge in [0.25, 0.3) is 0 Å². The number of ether oxygens (including phenoxy) is 1. The fraction of sp³-hybridized carbons (Fsp3) is 0.500. The highest BCUT2D eigenvalue weighted by Crippen LogP contribution is 2.09. The quantitative estimate of drug-likeness (QED) is 0.741. The summed E-state index contributed by atoms with van der Waals surface area (Å²) in [4.78, 5) is 26.2. The van der Waals surface area contributed by atoms with Gasteiger partial charge in [-0.05, 0) is 18.1 Å². The zero-order valence-electron chi connectivity index (χ0n) is 14.6. The smallest absolute Gasteiger partial charge is 0.224 e. The van der Waals surface area contributed by atoms with Crippen LogP contribution in [-0.4, -0.2) is 47.4 Å². The van der Waals surface area contributed by atoms with Gasteiger partial charge in [-0.1, -0.05) is 26.0 Å². The predicted molar refractivity (Wildman–Crippen MR) is 93.9 cm³/mol. The van der Waals surface area contributed by atoms with Gasteiger partial charge in [0.1, 0.15) is 0 Å². The van der Waals surface area contributed by atoms with E-state index in [-0.39, 0.29) is 11.3 Å². The largest absolute Gasteiger partial charge is 0.383 e. The highest BCUT2D eigenvalue weighted by molar-refractivity contribution is 5.79. The van der Waals surface area contributed by atoms with Crippen LogP contribution in [-0.2, 0) is 16.1 Å². The van der Waals surface area contributed by atoms with Crippen LogP contribution in [0.5, 0.6) is 0 Å². The molecule has 2 aromatic rings. The van der Waals surface area contributed by atoms with Crippen molar-refractivity contribution in [2.75, 3.05) is 26.8 Å². The normalized spacial score (nSPS) is 11.2. The molecule has 0 radical (unpaired) electrons. The lowest BCUT2D eigenvalue weighted by atomic mass is 10.2. The van der Waals surface area contributed by atoms with Crippen molar-refractivity contribution in [3.63, 3.8) is 0 Å². The number of methoxy groups -OCH3 is 1. The molecule has 6 nitrogen and oxygen atoms in total. The second-order valence-electron chi connectivity index (χ2n) is 6.23. The number of amides is 1. The van der Waals surface area contributed by atoms with Crippen LogP contribution in [0.1, 0.15) is 20.3 Å². The molecule has 0 unspecified atom stereocenters. The second kappa shape index (κ2) is 8.59. The first-order chi connectivity index (χ1) is 11.5. The molecule has 1 aromatic carbocycles. The van der Waals surface area contributed by atoms with E-state index >= 15 is 0 Å². The average Bonchev–Trinajstić information content (AvgIpc) is 2.57. The van der Waals surface area contributed by atoms with Crippen LogP contribution in [0.4, 0.5) is 0 Å². The third kappa shape index (κ3) is 4.64. The Morgan fingerprint density at radius 3 is 2.79 bits per heavy atom. The standard InChI is InChI=1S/C18H25N3O3/c1-14(2)13-20(10-11-24-3)18(23)8-9-21-16-7-5-4-6-15(16)17(22)12-19-21/h4-7,12,14H,8-11,13H2,1-3H3. The lowest BCUT2D eigenvalue weighted by Crippen LogP contribution is -2.37. The summed E-state index contributed by atoms with van der Waals surface area (Å²) in [6.07, 6.45) is 1.65. The predicted octanol–water partition coefficient (Wildman–Crippen LogP) is 1.92. The molecule has 0 aliphatic rings. The zero-order valence-corrected chi connectivity index (χ0v) is 14.6. The second-order valence-corrected chi connectivity index (χ2v) is 6.23. The van der Waals surface area contributed by atoms with Gasteiger partial charge in [0.15, 0.2) is 0 Å². The minimum atomic E-state index is -0.102. The summed E-state index contributed by atoms with van der Waals surface area (Å²) >= 11 is 0. The first-order valence-electron chi connectivity index (χ1n) is 8.24. The van der Waals surface area contributed by atoms with E-state index in [4.69, 9.17) is 4.74 Å². The highest BCUT2D eigenvalue weighted by atomic mass is 16.5. The molecule has 24 heavy (non-hydrogen) atoms. The number of nitrogens with zero attached hydrogens (tertiary/aromatic N) is 3. The third-order valence-corrected chi connectivity index (χ3v) is 3.80. The van der Waals surface area contributed by atoms with Crippen molar-refractivity contribution in [1.82, 2.24) is 14.7 Å². The summed E-state index contributed by atoms with van der Waals surface area (Å²) in [6, 6.07) is 7.33. The van der Waals surface area contributed by atoms with Crippen LogP contribution in [0.3, 0.4) is 0 Å². The maximum Gasteiger partial charge on any atom is 0.224 e. The number of para-hydroxylation sites is 1. The van der Waals surface area contributed by atoms with Crippen LogP contribution in [0.15, 0.2) is 35.3 Å². The van der Waals surface area contributed by atoms with Crippen LogP contribution >= 0.6 is 0 Å². The van der Waals surface area contributed by atoms with Crippen molar-refractivity contribution in [1.29, 1.82) is 0 Å². The zero-order chi connectivity index (χ0) is 17.5. The number of aryl methyl sites for hydroxylation is 1. The van der Waals surface area contributed by atoms with E-state index in [9.17, 15) is 9.59 Å². The van der Waals surface area contributed by atoms with Crippen molar-refractivity contribution in [2.45, 2.75) is 26.8 Å². The van der Waals surface area contributed by atoms with Crippen molar-refractivity contribution in [2.24, 2.45) is 5.92 Å². The molecule has 0 saturated carbocycles. The lowest BCUT2D eigenvalue weighted by Gasteiger charge is -2.24. The molecule has 0 N–H and O–H groups in total. The molecule has 1 heterocycles. The van der Waals surface area contributed by atoms with Gasteiger partial charge in [0.2, 0.25) is 11.3 Å². The summed E-state index contributed by atoms with van der Waals surface area (Å²) in [7, 11) is 1.63. The number of fused-ring (bicyclic) bond motifs is 1. The van der Waals surface area contributed by atoms with Crippen molar-refractivity contribution < 1.29 is 9.53 Å². The Morgan fingerprint density at radius 2 is 2.08 bits per heavy atom. The number of hydrogen-bond donors (Lipinski definition) is 0. The van der Waals surface area contributed by atoms with E-state index in [0.717, 1.165) is 5.52 Å². The van der Waals surface area contributed by atoms with Crippen LogP contribution < -0.4 is 5.43 Å². The SMILES string of the molecule is COCCN(CC(C)C)C(=O)CCn1ncc(=O)c2ccccc21. The lowest BCUT2D eigenvalue weighted by molar-refractivity contribution is -0.132. The number of benzene rings is 1. The Labute approximate surface area is 142 Å². The number of carbonyl (C=O) groups excluding carboxylic acids is 1. The Bertz CT molecular complexity index is 740. The van der Waals surface area contributed by atoms with Gasteiger partial charge in [-0.15, -0.1) is 0 Å². The molecule has 0 aliphatic heterocycles. The van der Waals surface area contributed by atoms with E-state index in [1.807, 2.05) is 23.1 Å². The van der Waals surface area contributed by atoms with Crippen LogP contribution in [0.25, 0.3) is 10.9 Å². The molecule has 0 atom stereocenters. The van der Waals surface area contributed by atoms with E-state index < -0.39 is 0 Å². The van der Waals surface area contributed by atoms with Gasteiger partial charge in [-0.2, -0.15) is 5.10 Å². The van der Waals surface area contributed by atoms with Gasteiger partial charge in [0, 0.05) is 32.0 Å². The molecular weight excluding hydrogens is 306 g/mol. The minimum absolute atomic E-state index is 0.0744. The van der Waals surface area contributed by atoms with Gasteiger partial charge >= 0.3 is 0 Å². The average molecular weight is 331 g/mol. The minimum Gasteiger partial charge on any atom is -0.383 e. The molecule has 0 aliphatic carbocycles. The first-order valence-corrected chi connectivity index (χ1v) is 8.24. The molecule has 6 heteroatoms. The van der Waals surface area contributed by atoms with Crippen molar-refractivity contribution in [3.8, 4) is 0 Å². The molecule has 130 valence electrons. The molecular formula is C18H25N3O3. The van der Waals surface area contributed by atoms with E-state index in [1.54, 1.807) is 17.9 Å². The molecule has 0 fully saturated rings. The fourth-order valence-corrected chi connectivity index (χ4v) is 2.66. The van der Waals surface area contributed by atoms with Crippen LogP contribution in [0, 0.1) is 5.92 Å². The molecule has 0 spiro atoms. The van der Waals surface area contributed by atoms with Gasteiger partial charge in [0.05, 0.1) is 24.9 Å². The van der Waals surface area contributed by atoms with Crippen LogP contribution in [0.2, 0.25) is 0 Å². The number of aromatic nitrogens is 2.